The summed E-state index contributed by atoms with van der Waals surface area (Å²) in [5, 5.41) is 14.9. The zero-order valence-corrected chi connectivity index (χ0v) is 12.7. The molecule has 20 heavy (non-hydrogen) atoms. The molecule has 6 heteroatoms. The van der Waals surface area contributed by atoms with Crippen LogP contribution >= 0.6 is 11.3 Å². The summed E-state index contributed by atoms with van der Waals surface area (Å²) in [6.07, 6.45) is 1.22. The second kappa shape index (κ2) is 6.65. The molecule has 2 rings (SSSR count). The molecule has 0 bridgehead atoms. The van der Waals surface area contributed by atoms with Crippen LogP contribution in [0.1, 0.15) is 56.5 Å². The molecule has 0 aliphatic heterocycles. The van der Waals surface area contributed by atoms with E-state index in [1.54, 1.807) is 11.3 Å². The van der Waals surface area contributed by atoms with Crippen molar-refractivity contribution in [2.24, 2.45) is 0 Å². The number of amides is 1. The normalized spacial score (nSPS) is 12.6. The fraction of sp³-hybridized carbons (Fsp3) is 0.500. The molecular formula is C14H19N3O2S. The number of carbonyl (C=O) groups is 1. The number of aromatic nitrogens is 2. The molecule has 5 nitrogen and oxygen atoms in total. The van der Waals surface area contributed by atoms with E-state index in [1.807, 2.05) is 32.2 Å². The third-order valence-electron chi connectivity index (χ3n) is 2.92. The van der Waals surface area contributed by atoms with E-state index in [0.29, 0.717) is 18.2 Å². The molecule has 0 saturated heterocycles. The van der Waals surface area contributed by atoms with E-state index in [9.17, 15) is 4.79 Å². The number of hydrogen-bond donors (Lipinski definition) is 1. The van der Waals surface area contributed by atoms with Gasteiger partial charge >= 0.3 is 0 Å². The first-order valence-corrected chi connectivity index (χ1v) is 7.64. The maximum atomic E-state index is 11.9. The average molecular weight is 293 g/mol. The van der Waals surface area contributed by atoms with E-state index in [4.69, 9.17) is 4.42 Å². The standard InChI is InChI=1S/C14H19N3O2S/c1-9(2)13-16-17-14(19-13)10(3)15-12(18)5-4-11-6-7-20-8-11/h6-10H,4-5H2,1-3H3,(H,15,18)/t10-/m1/s1. The molecule has 2 aromatic rings. The Kier molecular flexibility index (Phi) is 4.89. The maximum Gasteiger partial charge on any atom is 0.238 e. The van der Waals surface area contributed by atoms with Crippen LogP contribution in [0.5, 0.6) is 0 Å². The van der Waals surface area contributed by atoms with Crippen molar-refractivity contribution in [3.8, 4) is 0 Å². The third kappa shape index (κ3) is 3.90. The number of hydrogen-bond acceptors (Lipinski definition) is 5. The summed E-state index contributed by atoms with van der Waals surface area (Å²) in [6.45, 7) is 5.82. The zero-order valence-electron chi connectivity index (χ0n) is 11.9. The highest BCUT2D eigenvalue weighted by atomic mass is 32.1. The smallest absolute Gasteiger partial charge is 0.238 e. The van der Waals surface area contributed by atoms with Gasteiger partial charge in [-0.1, -0.05) is 13.8 Å². The van der Waals surface area contributed by atoms with Crippen LogP contribution in [0.15, 0.2) is 21.2 Å². The molecule has 1 atom stereocenters. The largest absolute Gasteiger partial charge is 0.423 e. The molecule has 0 radical (unpaired) electrons. The molecule has 2 aromatic heterocycles. The van der Waals surface area contributed by atoms with E-state index < -0.39 is 0 Å². The van der Waals surface area contributed by atoms with E-state index in [2.05, 4.69) is 20.9 Å². The van der Waals surface area contributed by atoms with Gasteiger partial charge in [-0.2, -0.15) is 11.3 Å². The Hall–Kier alpha value is -1.69. The summed E-state index contributed by atoms with van der Waals surface area (Å²) >= 11 is 1.64. The van der Waals surface area contributed by atoms with Gasteiger partial charge in [-0.3, -0.25) is 4.79 Å². The molecule has 0 fully saturated rings. The second-order valence-electron chi connectivity index (χ2n) is 5.05. The summed E-state index contributed by atoms with van der Waals surface area (Å²) in [4.78, 5) is 11.9. The van der Waals surface area contributed by atoms with Crippen molar-refractivity contribution in [1.82, 2.24) is 15.5 Å². The van der Waals surface area contributed by atoms with Crippen molar-refractivity contribution in [2.75, 3.05) is 0 Å². The molecule has 0 spiro atoms. The lowest BCUT2D eigenvalue weighted by Gasteiger charge is -2.09. The number of carbonyl (C=O) groups excluding carboxylic acids is 1. The molecule has 0 aromatic carbocycles. The Morgan fingerprint density at radius 1 is 1.35 bits per heavy atom. The van der Waals surface area contributed by atoms with Crippen molar-refractivity contribution >= 4 is 17.2 Å². The van der Waals surface area contributed by atoms with Crippen LogP contribution in [0.25, 0.3) is 0 Å². The molecule has 1 N–H and O–H groups in total. The highest BCUT2D eigenvalue weighted by molar-refractivity contribution is 7.07. The van der Waals surface area contributed by atoms with Crippen LogP contribution in [-0.4, -0.2) is 16.1 Å². The first-order chi connectivity index (χ1) is 9.56. The molecular weight excluding hydrogens is 274 g/mol. The Labute approximate surface area is 122 Å². The third-order valence-corrected chi connectivity index (χ3v) is 3.65. The van der Waals surface area contributed by atoms with Crippen molar-refractivity contribution in [3.05, 3.63) is 34.2 Å². The molecule has 2 heterocycles. The van der Waals surface area contributed by atoms with Crippen LogP contribution in [0.3, 0.4) is 0 Å². The van der Waals surface area contributed by atoms with Gasteiger partial charge in [0.1, 0.15) is 6.04 Å². The van der Waals surface area contributed by atoms with Crippen molar-refractivity contribution in [3.63, 3.8) is 0 Å². The topological polar surface area (TPSA) is 68.0 Å². The van der Waals surface area contributed by atoms with Gasteiger partial charge in [0.25, 0.3) is 0 Å². The fourth-order valence-electron chi connectivity index (χ4n) is 1.72. The van der Waals surface area contributed by atoms with Crippen LogP contribution in [0.4, 0.5) is 0 Å². The lowest BCUT2D eigenvalue weighted by atomic mass is 10.2. The van der Waals surface area contributed by atoms with Gasteiger partial charge in [-0.25, -0.2) is 0 Å². The number of nitrogens with one attached hydrogen (secondary N) is 1. The highest BCUT2D eigenvalue weighted by Gasteiger charge is 2.17. The SMILES string of the molecule is CC(C)c1nnc([C@@H](C)NC(=O)CCc2ccsc2)o1. The second-order valence-corrected chi connectivity index (χ2v) is 5.83. The molecule has 1 amide bonds. The van der Waals surface area contributed by atoms with Crippen LogP contribution in [0, 0.1) is 0 Å². The van der Waals surface area contributed by atoms with Gasteiger partial charge in [0.05, 0.1) is 0 Å². The zero-order chi connectivity index (χ0) is 14.5. The minimum absolute atomic E-state index is 0.00648. The lowest BCUT2D eigenvalue weighted by molar-refractivity contribution is -0.121. The Balaban J connectivity index is 1.83. The van der Waals surface area contributed by atoms with Gasteiger partial charge in [0, 0.05) is 12.3 Å². The molecule has 0 saturated carbocycles. The van der Waals surface area contributed by atoms with Gasteiger partial charge < -0.3 is 9.73 Å². The minimum atomic E-state index is -0.259. The predicted octanol–water partition coefficient (Wildman–Crippen LogP) is 3.06. The Morgan fingerprint density at radius 3 is 2.70 bits per heavy atom. The summed E-state index contributed by atoms with van der Waals surface area (Å²) in [5.74, 6) is 1.24. The summed E-state index contributed by atoms with van der Waals surface area (Å²) in [7, 11) is 0. The van der Waals surface area contributed by atoms with E-state index >= 15 is 0 Å². The monoisotopic (exact) mass is 293 g/mol. The van der Waals surface area contributed by atoms with Crippen LogP contribution in [0.2, 0.25) is 0 Å². The number of nitrogens with zero attached hydrogens (tertiary/aromatic N) is 2. The summed E-state index contributed by atoms with van der Waals surface area (Å²) in [5.41, 5.74) is 1.19. The first-order valence-electron chi connectivity index (χ1n) is 6.70. The average Bonchev–Trinajstić information content (AvgIpc) is 3.07. The van der Waals surface area contributed by atoms with Crippen LogP contribution < -0.4 is 5.32 Å². The van der Waals surface area contributed by atoms with Gasteiger partial charge in [-0.05, 0) is 35.7 Å². The van der Waals surface area contributed by atoms with Crippen molar-refractivity contribution < 1.29 is 9.21 Å². The van der Waals surface area contributed by atoms with Gasteiger partial charge in [0.15, 0.2) is 0 Å². The predicted molar refractivity (Wildman–Crippen MR) is 77.6 cm³/mol. The van der Waals surface area contributed by atoms with Crippen molar-refractivity contribution in [1.29, 1.82) is 0 Å². The molecule has 0 aliphatic carbocycles. The van der Waals surface area contributed by atoms with E-state index in [0.717, 1.165) is 6.42 Å². The van der Waals surface area contributed by atoms with Gasteiger partial charge in [-0.15, -0.1) is 10.2 Å². The summed E-state index contributed by atoms with van der Waals surface area (Å²) in [6, 6.07) is 1.78. The molecule has 0 unspecified atom stereocenters. The Bertz CT molecular complexity index is 549. The fourth-order valence-corrected chi connectivity index (χ4v) is 2.43. The number of aryl methyl sites for hydroxylation is 1. The maximum absolute atomic E-state index is 11.9. The van der Waals surface area contributed by atoms with Gasteiger partial charge in [0.2, 0.25) is 17.7 Å². The van der Waals surface area contributed by atoms with E-state index in [1.165, 1.54) is 5.56 Å². The highest BCUT2D eigenvalue weighted by Crippen LogP contribution is 2.17. The molecule has 0 aliphatic rings. The van der Waals surface area contributed by atoms with Crippen molar-refractivity contribution in [2.45, 2.75) is 45.6 Å². The van der Waals surface area contributed by atoms with Crippen LogP contribution in [-0.2, 0) is 11.2 Å². The number of rotatable bonds is 6. The Morgan fingerprint density at radius 2 is 2.10 bits per heavy atom. The first kappa shape index (κ1) is 14.7. The quantitative estimate of drug-likeness (QED) is 0.888. The molecule has 108 valence electrons. The number of thiophene rings is 1. The minimum Gasteiger partial charge on any atom is -0.423 e. The van der Waals surface area contributed by atoms with E-state index in [-0.39, 0.29) is 17.9 Å². The lowest BCUT2D eigenvalue weighted by Crippen LogP contribution is -2.27. The summed E-state index contributed by atoms with van der Waals surface area (Å²) < 4.78 is 5.52.